The van der Waals surface area contributed by atoms with Crippen LogP contribution in [0.5, 0.6) is 0 Å². The van der Waals surface area contributed by atoms with Gasteiger partial charge in [0.15, 0.2) is 0 Å². The summed E-state index contributed by atoms with van der Waals surface area (Å²) in [5.41, 5.74) is -0.176. The summed E-state index contributed by atoms with van der Waals surface area (Å²) in [6, 6.07) is 7.57. The van der Waals surface area contributed by atoms with Crippen molar-refractivity contribution in [2.24, 2.45) is 4.40 Å². The summed E-state index contributed by atoms with van der Waals surface area (Å²) in [5, 5.41) is -0.858. The molecule has 0 saturated carbocycles. The first kappa shape index (κ1) is 15.3. The van der Waals surface area contributed by atoms with E-state index in [0.29, 0.717) is 0 Å². The summed E-state index contributed by atoms with van der Waals surface area (Å²) < 4.78 is 27.7. The molecule has 0 bridgehead atoms. The molecular weight excluding hydrogens is 345 g/mol. The van der Waals surface area contributed by atoms with Gasteiger partial charge in [0.25, 0.3) is 10.0 Å². The van der Waals surface area contributed by atoms with E-state index in [1.165, 1.54) is 12.1 Å². The van der Waals surface area contributed by atoms with E-state index in [9.17, 15) is 13.2 Å². The van der Waals surface area contributed by atoms with E-state index in [0.717, 1.165) is 6.08 Å². The standard InChI is InChI=1S/C12H6Cl3NO3S/c13-8-6-9(10(14)11(15)12(8)17)16-20(18,19)7-4-2-1-3-5-7/h1-6H/b16-9+. The fraction of sp³-hybridized carbons (Fsp3) is 0. The van der Waals surface area contributed by atoms with E-state index in [1.807, 2.05) is 0 Å². The number of carbonyl (C=O) groups is 1. The Bertz CT molecular complexity index is 764. The van der Waals surface area contributed by atoms with Crippen molar-refractivity contribution >= 4 is 56.3 Å². The molecule has 0 aromatic heterocycles. The van der Waals surface area contributed by atoms with E-state index in [2.05, 4.69) is 4.40 Å². The Balaban J connectivity index is 2.54. The highest BCUT2D eigenvalue weighted by molar-refractivity contribution is 7.90. The minimum absolute atomic E-state index is 0.00508. The second kappa shape index (κ2) is 5.69. The second-order valence-corrected chi connectivity index (χ2v) is 6.48. The minimum atomic E-state index is -3.96. The van der Waals surface area contributed by atoms with Gasteiger partial charge in [0.1, 0.15) is 5.03 Å². The molecular formula is C12H6Cl3NO3S. The number of hydrogen-bond acceptors (Lipinski definition) is 3. The smallest absolute Gasteiger partial charge is 0.282 e. The Hall–Kier alpha value is -1.14. The van der Waals surface area contributed by atoms with Crippen molar-refractivity contribution in [3.63, 3.8) is 0 Å². The van der Waals surface area contributed by atoms with Gasteiger partial charge in [-0.2, -0.15) is 12.8 Å². The molecule has 2 rings (SSSR count). The van der Waals surface area contributed by atoms with Crippen LogP contribution in [0.1, 0.15) is 0 Å². The number of allylic oxidation sites excluding steroid dienone is 4. The van der Waals surface area contributed by atoms with Crippen LogP contribution in [0.2, 0.25) is 0 Å². The van der Waals surface area contributed by atoms with E-state index >= 15 is 0 Å². The summed E-state index contributed by atoms with van der Waals surface area (Å²) >= 11 is 17.1. The molecule has 0 heterocycles. The van der Waals surface area contributed by atoms with Gasteiger partial charge in [-0.05, 0) is 18.2 Å². The molecule has 0 N–H and O–H groups in total. The molecule has 1 aliphatic carbocycles. The van der Waals surface area contributed by atoms with Crippen LogP contribution in [0.25, 0.3) is 0 Å². The van der Waals surface area contributed by atoms with Crippen molar-refractivity contribution < 1.29 is 13.2 Å². The molecule has 1 aliphatic rings. The maximum absolute atomic E-state index is 12.1. The van der Waals surface area contributed by atoms with Crippen LogP contribution in [-0.2, 0) is 14.8 Å². The number of hydrogen-bond donors (Lipinski definition) is 0. The molecule has 1 aromatic carbocycles. The normalized spacial score (nSPS) is 18.4. The lowest BCUT2D eigenvalue weighted by atomic mass is 10.1. The Labute approximate surface area is 130 Å². The van der Waals surface area contributed by atoms with Crippen LogP contribution in [0.3, 0.4) is 0 Å². The van der Waals surface area contributed by atoms with Crippen molar-refractivity contribution in [3.8, 4) is 0 Å². The molecule has 8 heteroatoms. The molecule has 0 unspecified atom stereocenters. The van der Waals surface area contributed by atoms with E-state index in [1.54, 1.807) is 18.2 Å². The fourth-order valence-corrected chi connectivity index (χ4v) is 3.09. The zero-order valence-electron chi connectivity index (χ0n) is 9.68. The third-order valence-corrected chi connectivity index (χ3v) is 4.78. The van der Waals surface area contributed by atoms with E-state index in [-0.39, 0.29) is 25.7 Å². The Morgan fingerprint density at radius 2 is 1.55 bits per heavy atom. The van der Waals surface area contributed by atoms with E-state index in [4.69, 9.17) is 34.8 Å². The maximum Gasteiger partial charge on any atom is 0.282 e. The van der Waals surface area contributed by atoms with Crippen molar-refractivity contribution in [2.45, 2.75) is 4.90 Å². The topological polar surface area (TPSA) is 63.6 Å². The average molecular weight is 351 g/mol. The molecule has 20 heavy (non-hydrogen) atoms. The third-order valence-electron chi connectivity index (χ3n) is 2.36. The molecule has 0 spiro atoms. The number of ketones is 1. The van der Waals surface area contributed by atoms with Gasteiger partial charge < -0.3 is 0 Å². The number of sulfonamides is 1. The van der Waals surface area contributed by atoms with Gasteiger partial charge >= 0.3 is 0 Å². The van der Waals surface area contributed by atoms with Gasteiger partial charge in [0.05, 0.1) is 20.7 Å². The molecule has 0 fully saturated rings. The number of nitrogens with zero attached hydrogens (tertiary/aromatic N) is 1. The van der Waals surface area contributed by atoms with Gasteiger partial charge in [0.2, 0.25) is 5.78 Å². The molecule has 0 aliphatic heterocycles. The van der Waals surface area contributed by atoms with Crippen LogP contribution < -0.4 is 0 Å². The van der Waals surface area contributed by atoms with Gasteiger partial charge in [-0.3, -0.25) is 4.79 Å². The zero-order chi connectivity index (χ0) is 14.9. The SMILES string of the molecule is O=C1C(Cl)=C/C(=N\S(=O)(=O)c2ccccc2)C(Cl)=C1Cl. The van der Waals surface area contributed by atoms with Crippen molar-refractivity contribution in [2.75, 3.05) is 0 Å². The van der Waals surface area contributed by atoms with Crippen LogP contribution in [-0.4, -0.2) is 19.9 Å². The third kappa shape index (κ3) is 2.96. The van der Waals surface area contributed by atoms with Gasteiger partial charge in [0, 0.05) is 0 Å². The predicted molar refractivity (Wildman–Crippen MR) is 78.7 cm³/mol. The Morgan fingerprint density at radius 3 is 2.15 bits per heavy atom. The molecule has 4 nitrogen and oxygen atoms in total. The van der Waals surface area contributed by atoms with Crippen molar-refractivity contribution in [1.82, 2.24) is 0 Å². The fourth-order valence-electron chi connectivity index (χ4n) is 1.41. The zero-order valence-corrected chi connectivity index (χ0v) is 12.8. The predicted octanol–water partition coefficient (Wildman–Crippen LogP) is 3.21. The number of benzene rings is 1. The number of Topliss-reactive ketones (excluding diaryl/α,β-unsaturated/α-hetero) is 1. The summed E-state index contributed by atoms with van der Waals surface area (Å²) in [6.07, 6.45) is 1.07. The lowest BCUT2D eigenvalue weighted by Gasteiger charge is -2.09. The highest BCUT2D eigenvalue weighted by atomic mass is 35.5. The number of halogens is 3. The van der Waals surface area contributed by atoms with Gasteiger partial charge in [-0.15, -0.1) is 0 Å². The highest BCUT2D eigenvalue weighted by Crippen LogP contribution is 2.28. The number of carbonyl (C=O) groups excluding carboxylic acids is 1. The number of rotatable bonds is 2. The molecule has 1 aromatic rings. The average Bonchev–Trinajstić information content (AvgIpc) is 2.43. The first-order valence-electron chi connectivity index (χ1n) is 5.20. The highest BCUT2D eigenvalue weighted by Gasteiger charge is 2.26. The quantitative estimate of drug-likeness (QED) is 0.769. The lowest BCUT2D eigenvalue weighted by molar-refractivity contribution is -0.111. The molecule has 0 saturated heterocycles. The van der Waals surface area contributed by atoms with Gasteiger partial charge in [-0.25, -0.2) is 0 Å². The van der Waals surface area contributed by atoms with Crippen LogP contribution >= 0.6 is 34.8 Å². The first-order chi connectivity index (χ1) is 9.33. The molecule has 0 amide bonds. The lowest BCUT2D eigenvalue weighted by Crippen LogP contribution is -2.13. The summed E-state index contributed by atoms with van der Waals surface area (Å²) in [4.78, 5) is 11.4. The summed E-state index contributed by atoms with van der Waals surface area (Å²) in [6.45, 7) is 0. The first-order valence-corrected chi connectivity index (χ1v) is 7.78. The van der Waals surface area contributed by atoms with Crippen LogP contribution in [0, 0.1) is 0 Å². The van der Waals surface area contributed by atoms with Crippen molar-refractivity contribution in [3.05, 3.63) is 51.5 Å². The Morgan fingerprint density at radius 1 is 0.950 bits per heavy atom. The Kier molecular flexibility index (Phi) is 4.34. The van der Waals surface area contributed by atoms with Crippen LogP contribution in [0.15, 0.2) is 60.8 Å². The largest absolute Gasteiger partial charge is 0.287 e. The maximum atomic E-state index is 12.1. The molecule has 104 valence electrons. The van der Waals surface area contributed by atoms with Crippen molar-refractivity contribution in [1.29, 1.82) is 0 Å². The second-order valence-electron chi connectivity index (χ2n) is 3.71. The molecule has 0 atom stereocenters. The van der Waals surface area contributed by atoms with Crippen LogP contribution in [0.4, 0.5) is 0 Å². The minimum Gasteiger partial charge on any atom is -0.287 e. The monoisotopic (exact) mass is 349 g/mol. The summed E-state index contributed by atoms with van der Waals surface area (Å²) in [7, 11) is -3.96. The summed E-state index contributed by atoms with van der Waals surface area (Å²) in [5.74, 6) is -0.672. The van der Waals surface area contributed by atoms with Gasteiger partial charge in [-0.1, -0.05) is 53.0 Å². The van der Waals surface area contributed by atoms with E-state index < -0.39 is 15.8 Å². The molecule has 0 radical (unpaired) electrons.